The Hall–Kier alpha value is -1.62. The number of hydrogen-bond acceptors (Lipinski definition) is 4. The van der Waals surface area contributed by atoms with Gasteiger partial charge in [0.05, 0.1) is 5.60 Å². The summed E-state index contributed by atoms with van der Waals surface area (Å²) in [5.41, 5.74) is 1.23. The summed E-state index contributed by atoms with van der Waals surface area (Å²) in [4.78, 5) is 4.17. The van der Waals surface area contributed by atoms with Crippen LogP contribution in [0.5, 0.6) is 0 Å². The molecule has 98 valence electrons. The predicted octanol–water partition coefficient (Wildman–Crippen LogP) is 2.00. The van der Waals surface area contributed by atoms with Crippen molar-refractivity contribution in [1.82, 2.24) is 14.6 Å². The number of aliphatic hydroxyl groups is 1. The lowest BCUT2D eigenvalue weighted by atomic mass is 10.0. The maximum Gasteiger partial charge on any atom is 0.157 e. The molecule has 0 amide bonds. The van der Waals surface area contributed by atoms with E-state index in [9.17, 15) is 5.11 Å². The third kappa shape index (κ3) is 2.79. The number of nitrogens with zero attached hydrogens (tertiary/aromatic N) is 3. The minimum atomic E-state index is -0.703. The fraction of sp³-hybridized carbons (Fsp3) is 0.538. The van der Waals surface area contributed by atoms with Gasteiger partial charge in [-0.15, -0.1) is 0 Å². The highest BCUT2D eigenvalue weighted by atomic mass is 16.3. The van der Waals surface area contributed by atoms with Gasteiger partial charge in [-0.2, -0.15) is 9.61 Å². The molecule has 0 saturated heterocycles. The molecule has 2 heterocycles. The summed E-state index contributed by atoms with van der Waals surface area (Å²) in [6.45, 7) is 6.43. The van der Waals surface area contributed by atoms with Gasteiger partial charge in [0, 0.05) is 6.54 Å². The van der Waals surface area contributed by atoms with Crippen molar-refractivity contribution in [3.63, 3.8) is 0 Å². The summed E-state index contributed by atoms with van der Waals surface area (Å²) in [5.74, 6) is 0.860. The summed E-state index contributed by atoms with van der Waals surface area (Å²) in [6, 6.07) is 3.98. The molecule has 2 N–H and O–H groups in total. The summed E-state index contributed by atoms with van der Waals surface area (Å²) >= 11 is 0. The van der Waals surface area contributed by atoms with Crippen molar-refractivity contribution in [1.29, 1.82) is 0 Å². The molecule has 0 spiro atoms. The van der Waals surface area contributed by atoms with Gasteiger partial charge in [0.15, 0.2) is 5.65 Å². The molecule has 0 radical (unpaired) electrons. The Morgan fingerprint density at radius 3 is 2.94 bits per heavy atom. The van der Waals surface area contributed by atoms with E-state index in [1.165, 1.54) is 6.33 Å². The summed E-state index contributed by atoms with van der Waals surface area (Å²) in [5, 5.41) is 17.6. The number of anilines is 1. The largest absolute Gasteiger partial charge is 0.388 e. The number of rotatable bonds is 5. The van der Waals surface area contributed by atoms with Crippen LogP contribution in [0.15, 0.2) is 18.5 Å². The third-order valence-corrected chi connectivity index (χ3v) is 2.96. The first-order valence-electron chi connectivity index (χ1n) is 6.28. The molecule has 0 fully saturated rings. The van der Waals surface area contributed by atoms with Crippen molar-refractivity contribution < 1.29 is 5.11 Å². The van der Waals surface area contributed by atoms with Crippen molar-refractivity contribution >= 4 is 11.5 Å². The van der Waals surface area contributed by atoms with Crippen LogP contribution >= 0.6 is 0 Å². The molecule has 0 bridgehead atoms. The van der Waals surface area contributed by atoms with Crippen molar-refractivity contribution in [2.45, 2.75) is 39.2 Å². The van der Waals surface area contributed by atoms with Crippen molar-refractivity contribution in [3.8, 4) is 0 Å². The molecule has 1 unspecified atom stereocenters. The highest BCUT2D eigenvalue weighted by Crippen LogP contribution is 2.16. The van der Waals surface area contributed by atoms with Gasteiger partial charge in [-0.05, 0) is 38.0 Å². The monoisotopic (exact) mass is 248 g/mol. The number of nitrogens with one attached hydrogen (secondary N) is 1. The fourth-order valence-corrected chi connectivity index (χ4v) is 2.09. The Labute approximate surface area is 107 Å². The molecule has 2 aromatic heterocycles. The highest BCUT2D eigenvalue weighted by molar-refractivity contribution is 5.51. The lowest BCUT2D eigenvalue weighted by Crippen LogP contribution is -2.33. The first-order chi connectivity index (χ1) is 8.52. The molecular formula is C13H20N4O. The van der Waals surface area contributed by atoms with Crippen molar-refractivity contribution in [2.75, 3.05) is 11.9 Å². The van der Waals surface area contributed by atoms with Crippen molar-refractivity contribution in [2.24, 2.45) is 0 Å². The summed E-state index contributed by atoms with van der Waals surface area (Å²) < 4.78 is 1.75. The lowest BCUT2D eigenvalue weighted by molar-refractivity contribution is 0.0635. The minimum absolute atomic E-state index is 0.499. The van der Waals surface area contributed by atoms with Gasteiger partial charge in [-0.1, -0.05) is 13.3 Å². The van der Waals surface area contributed by atoms with E-state index < -0.39 is 5.60 Å². The zero-order valence-corrected chi connectivity index (χ0v) is 11.1. The lowest BCUT2D eigenvalue weighted by Gasteiger charge is -2.23. The average molecular weight is 248 g/mol. The van der Waals surface area contributed by atoms with Gasteiger partial charge in [-0.3, -0.25) is 0 Å². The van der Waals surface area contributed by atoms with E-state index in [4.69, 9.17) is 0 Å². The Kier molecular flexibility index (Phi) is 3.52. The molecular weight excluding hydrogens is 228 g/mol. The minimum Gasteiger partial charge on any atom is -0.388 e. The molecule has 2 rings (SSSR count). The van der Waals surface area contributed by atoms with E-state index in [-0.39, 0.29) is 0 Å². The zero-order valence-electron chi connectivity index (χ0n) is 11.1. The normalized spacial score (nSPS) is 14.7. The van der Waals surface area contributed by atoms with Gasteiger partial charge >= 0.3 is 0 Å². The molecule has 1 atom stereocenters. The number of hydrogen-bond donors (Lipinski definition) is 2. The fourth-order valence-electron chi connectivity index (χ4n) is 2.09. The molecule has 0 aliphatic carbocycles. The van der Waals surface area contributed by atoms with E-state index in [1.54, 1.807) is 4.52 Å². The number of aryl methyl sites for hydroxylation is 1. The van der Waals surface area contributed by atoms with Crippen LogP contribution in [0.3, 0.4) is 0 Å². The number of aromatic nitrogens is 3. The molecule has 0 aromatic carbocycles. The molecule has 18 heavy (non-hydrogen) atoms. The first-order valence-corrected chi connectivity index (χ1v) is 6.28. The summed E-state index contributed by atoms with van der Waals surface area (Å²) in [7, 11) is 0. The van der Waals surface area contributed by atoms with Crippen molar-refractivity contribution in [3.05, 3.63) is 24.0 Å². The van der Waals surface area contributed by atoms with E-state index in [0.717, 1.165) is 29.9 Å². The number of fused-ring (bicyclic) bond motifs is 1. The molecule has 0 aliphatic rings. The summed E-state index contributed by atoms with van der Waals surface area (Å²) in [6.07, 6.45) is 3.26. The average Bonchev–Trinajstić information content (AvgIpc) is 2.73. The van der Waals surface area contributed by atoms with Crippen LogP contribution in [0.25, 0.3) is 5.65 Å². The van der Waals surface area contributed by atoms with Gasteiger partial charge in [0.25, 0.3) is 0 Å². The molecule has 0 saturated carbocycles. The molecule has 0 aliphatic heterocycles. The van der Waals surface area contributed by atoms with Gasteiger partial charge in [0.1, 0.15) is 12.1 Å². The van der Waals surface area contributed by atoms with Crippen LogP contribution in [0.1, 0.15) is 32.3 Å². The van der Waals surface area contributed by atoms with Crippen LogP contribution in [-0.4, -0.2) is 31.9 Å². The quantitative estimate of drug-likeness (QED) is 0.849. The topological polar surface area (TPSA) is 62.5 Å². The SMILES string of the molecule is CCCC(C)(O)CNc1cc(C)cc2ncnn12. The molecule has 2 aromatic rings. The van der Waals surface area contributed by atoms with E-state index in [0.29, 0.717) is 6.54 Å². The smallest absolute Gasteiger partial charge is 0.157 e. The Balaban J connectivity index is 2.19. The van der Waals surface area contributed by atoms with Crippen LogP contribution in [-0.2, 0) is 0 Å². The standard InChI is InChI=1S/C13H20N4O/c1-4-5-13(3,18)8-14-11-6-10(2)7-12-15-9-16-17(11)12/h6-7,9,14,18H,4-5,8H2,1-3H3. The van der Waals surface area contributed by atoms with Crippen LogP contribution in [0.2, 0.25) is 0 Å². The zero-order chi connectivity index (χ0) is 13.2. The number of pyridine rings is 1. The van der Waals surface area contributed by atoms with Gasteiger partial charge in [-0.25, -0.2) is 4.98 Å². The Morgan fingerprint density at radius 2 is 2.22 bits per heavy atom. The van der Waals surface area contributed by atoms with Crippen LogP contribution < -0.4 is 5.32 Å². The maximum absolute atomic E-state index is 10.2. The highest BCUT2D eigenvalue weighted by Gasteiger charge is 2.19. The second-order valence-electron chi connectivity index (χ2n) is 5.05. The van der Waals surface area contributed by atoms with Crippen LogP contribution in [0.4, 0.5) is 5.82 Å². The Morgan fingerprint density at radius 1 is 1.44 bits per heavy atom. The first kappa shape index (κ1) is 12.8. The van der Waals surface area contributed by atoms with E-state index in [1.807, 2.05) is 26.0 Å². The maximum atomic E-state index is 10.2. The second kappa shape index (κ2) is 4.94. The van der Waals surface area contributed by atoms with Gasteiger partial charge < -0.3 is 10.4 Å². The predicted molar refractivity (Wildman–Crippen MR) is 71.7 cm³/mol. The third-order valence-electron chi connectivity index (χ3n) is 2.96. The molecule has 5 heteroatoms. The second-order valence-corrected chi connectivity index (χ2v) is 5.05. The van der Waals surface area contributed by atoms with Crippen LogP contribution in [0, 0.1) is 6.92 Å². The van der Waals surface area contributed by atoms with E-state index in [2.05, 4.69) is 22.3 Å². The van der Waals surface area contributed by atoms with Gasteiger partial charge in [0.2, 0.25) is 0 Å². The van der Waals surface area contributed by atoms with E-state index >= 15 is 0 Å². The molecule has 5 nitrogen and oxygen atoms in total. The Bertz CT molecular complexity index is 533.